The van der Waals surface area contributed by atoms with E-state index in [-0.39, 0.29) is 6.41 Å². The van der Waals surface area contributed by atoms with Crippen LogP contribution >= 0.6 is 0 Å². The number of hydrogen-bond donors (Lipinski definition) is 1. The normalized spacial score (nSPS) is 16.7. The highest BCUT2D eigenvalue weighted by Crippen LogP contribution is 2.16. The zero-order valence-corrected chi connectivity index (χ0v) is 11.9. The Morgan fingerprint density at radius 1 is 1.00 bits per heavy atom. The number of hydrogen-bond acceptors (Lipinski definition) is 4. The molecule has 2 aliphatic carbocycles. The van der Waals surface area contributed by atoms with Gasteiger partial charge in [-0.25, -0.2) is 9.97 Å². The minimum atomic E-state index is 0.250. The Kier molecular flexibility index (Phi) is 8.19. The Hall–Kier alpha value is -1.78. The summed E-state index contributed by atoms with van der Waals surface area (Å²) in [5.41, 5.74) is 6.79. The van der Waals surface area contributed by atoms with E-state index in [9.17, 15) is 4.79 Å². The molecule has 0 unspecified atom stereocenters. The average molecular weight is 277 g/mol. The molecule has 3 rings (SSSR count). The number of carbonyl (C=O) groups excluding carboxylic acids is 2. The van der Waals surface area contributed by atoms with Crippen LogP contribution in [0.4, 0.5) is 0 Å². The van der Waals surface area contributed by atoms with Crippen molar-refractivity contribution in [1.82, 2.24) is 9.97 Å². The summed E-state index contributed by atoms with van der Waals surface area (Å²) in [4.78, 5) is 27.2. The molecule has 2 aliphatic rings. The van der Waals surface area contributed by atoms with E-state index in [1.807, 2.05) is 6.20 Å². The number of aryl methyl sites for hydroxylation is 2. The molecule has 2 N–H and O–H groups in total. The van der Waals surface area contributed by atoms with E-state index in [1.165, 1.54) is 36.9 Å². The summed E-state index contributed by atoms with van der Waals surface area (Å²) in [6.45, 7) is 0. The molecule has 1 fully saturated rings. The molecule has 5 nitrogen and oxygen atoms in total. The van der Waals surface area contributed by atoms with Gasteiger partial charge in [0.05, 0.1) is 0 Å². The molecule has 0 spiro atoms. The van der Waals surface area contributed by atoms with Crippen LogP contribution < -0.4 is 5.73 Å². The van der Waals surface area contributed by atoms with E-state index >= 15 is 0 Å². The van der Waals surface area contributed by atoms with Gasteiger partial charge in [0.2, 0.25) is 6.41 Å². The van der Waals surface area contributed by atoms with Gasteiger partial charge < -0.3 is 5.73 Å². The van der Waals surface area contributed by atoms with E-state index in [0.29, 0.717) is 5.78 Å². The highest BCUT2D eigenvalue weighted by Gasteiger charge is 2.08. The Bertz CT molecular complexity index is 388. The quantitative estimate of drug-likeness (QED) is 0.735. The van der Waals surface area contributed by atoms with Crippen LogP contribution in [0.5, 0.6) is 0 Å². The van der Waals surface area contributed by atoms with Crippen molar-refractivity contribution in [2.75, 3.05) is 0 Å². The second-order valence-electron chi connectivity index (χ2n) is 4.94. The number of fused-ring (bicyclic) bond motifs is 1. The number of amides is 1. The summed E-state index contributed by atoms with van der Waals surface area (Å²) < 4.78 is 0. The first kappa shape index (κ1) is 16.3. The van der Waals surface area contributed by atoms with Gasteiger partial charge in [-0.2, -0.15) is 0 Å². The molecule has 0 radical (unpaired) electrons. The van der Waals surface area contributed by atoms with Gasteiger partial charge in [-0.1, -0.05) is 6.42 Å². The molecule has 1 aromatic heterocycles. The third kappa shape index (κ3) is 6.41. The maximum absolute atomic E-state index is 10.5. The summed E-state index contributed by atoms with van der Waals surface area (Å²) in [6.07, 6.45) is 14.0. The van der Waals surface area contributed by atoms with E-state index in [4.69, 9.17) is 4.79 Å². The van der Waals surface area contributed by atoms with Gasteiger partial charge in [-0.3, -0.25) is 9.59 Å². The van der Waals surface area contributed by atoms with Crippen LogP contribution in [0.3, 0.4) is 0 Å². The first-order valence-electron chi connectivity index (χ1n) is 7.22. The van der Waals surface area contributed by atoms with E-state index in [2.05, 4.69) is 15.7 Å². The van der Waals surface area contributed by atoms with Crippen molar-refractivity contribution in [1.29, 1.82) is 0 Å². The van der Waals surface area contributed by atoms with Crippen LogP contribution in [0.1, 0.15) is 56.2 Å². The molecule has 1 aromatic rings. The van der Waals surface area contributed by atoms with Crippen LogP contribution in [0.2, 0.25) is 0 Å². The van der Waals surface area contributed by atoms with Gasteiger partial charge in [-0.15, -0.1) is 0 Å². The van der Waals surface area contributed by atoms with Crippen molar-refractivity contribution < 1.29 is 9.59 Å². The monoisotopic (exact) mass is 277 g/mol. The molecule has 0 bridgehead atoms. The summed E-state index contributed by atoms with van der Waals surface area (Å²) >= 11 is 0. The molecule has 1 heterocycles. The highest BCUT2D eigenvalue weighted by molar-refractivity contribution is 5.78. The second-order valence-corrected chi connectivity index (χ2v) is 4.94. The van der Waals surface area contributed by atoms with Crippen molar-refractivity contribution in [2.24, 2.45) is 5.73 Å². The zero-order chi connectivity index (χ0) is 14.6. The minimum Gasteiger partial charge on any atom is -0.372 e. The molecule has 5 heteroatoms. The van der Waals surface area contributed by atoms with Crippen LogP contribution in [0.15, 0.2) is 12.5 Å². The molecule has 1 saturated carbocycles. The van der Waals surface area contributed by atoms with E-state index in [1.54, 1.807) is 6.33 Å². The number of rotatable bonds is 0. The van der Waals surface area contributed by atoms with Gasteiger partial charge in [0.25, 0.3) is 0 Å². The first-order valence-corrected chi connectivity index (χ1v) is 7.22. The lowest BCUT2D eigenvalue weighted by molar-refractivity contribution is -0.120. The summed E-state index contributed by atoms with van der Waals surface area (Å²) in [6, 6.07) is 0. The summed E-state index contributed by atoms with van der Waals surface area (Å²) in [5.74, 6) is 0.464. The van der Waals surface area contributed by atoms with Gasteiger partial charge in [0, 0.05) is 24.7 Å². The average Bonchev–Trinajstić information content (AvgIpc) is 2.50. The number of primary amides is 1. The van der Waals surface area contributed by atoms with Gasteiger partial charge in [-0.05, 0) is 44.1 Å². The number of aromatic nitrogens is 2. The van der Waals surface area contributed by atoms with E-state index < -0.39 is 0 Å². The molecule has 0 aliphatic heterocycles. The lowest BCUT2D eigenvalue weighted by Crippen LogP contribution is -2.04. The summed E-state index contributed by atoms with van der Waals surface area (Å²) in [5, 5.41) is 0. The molecule has 20 heavy (non-hydrogen) atoms. The highest BCUT2D eigenvalue weighted by atomic mass is 16.1. The fraction of sp³-hybridized carbons (Fsp3) is 0.600. The van der Waals surface area contributed by atoms with Crippen molar-refractivity contribution in [3.8, 4) is 0 Å². The topological polar surface area (TPSA) is 85.9 Å². The van der Waals surface area contributed by atoms with Crippen LogP contribution in [0, 0.1) is 0 Å². The van der Waals surface area contributed by atoms with Gasteiger partial charge in [0.1, 0.15) is 12.1 Å². The predicted octanol–water partition coefficient (Wildman–Crippen LogP) is 1.98. The predicted molar refractivity (Wildman–Crippen MR) is 77.0 cm³/mol. The van der Waals surface area contributed by atoms with Crippen molar-refractivity contribution in [3.05, 3.63) is 23.8 Å². The van der Waals surface area contributed by atoms with Crippen molar-refractivity contribution in [2.45, 2.75) is 57.8 Å². The minimum absolute atomic E-state index is 0.250. The van der Waals surface area contributed by atoms with Gasteiger partial charge >= 0.3 is 0 Å². The fourth-order valence-corrected chi connectivity index (χ4v) is 2.37. The molecule has 0 saturated heterocycles. The fourth-order valence-electron chi connectivity index (χ4n) is 2.37. The maximum atomic E-state index is 10.5. The number of ketones is 1. The van der Waals surface area contributed by atoms with Gasteiger partial charge in [0.15, 0.2) is 0 Å². The third-order valence-corrected chi connectivity index (χ3v) is 3.40. The lowest BCUT2D eigenvalue weighted by Gasteiger charge is -2.11. The van der Waals surface area contributed by atoms with Crippen molar-refractivity contribution >= 4 is 12.2 Å². The Labute approximate surface area is 120 Å². The van der Waals surface area contributed by atoms with Crippen LogP contribution in [0.25, 0.3) is 0 Å². The Balaban J connectivity index is 0.000000176. The Morgan fingerprint density at radius 3 is 2.15 bits per heavy atom. The first-order chi connectivity index (χ1) is 9.77. The second kappa shape index (κ2) is 10.1. The number of nitrogens with zero attached hydrogens (tertiary/aromatic N) is 2. The molecule has 1 amide bonds. The maximum Gasteiger partial charge on any atom is 0.204 e. The number of Topliss-reactive ketones (excluding diaryl/α,β-unsaturated/α-hetero) is 1. The standard InChI is InChI=1S/C8H10N2.C6H10O.CH3NO/c1-2-4-8-7(3-1)5-9-6-10-8;7-6-4-2-1-3-5-6;2-1-3/h5-6H,1-4H2;1-5H2;1H,(H2,2,3). The van der Waals surface area contributed by atoms with Crippen LogP contribution in [-0.4, -0.2) is 22.2 Å². The summed E-state index contributed by atoms with van der Waals surface area (Å²) in [7, 11) is 0. The number of carbonyl (C=O) groups is 2. The smallest absolute Gasteiger partial charge is 0.204 e. The molecule has 0 aromatic carbocycles. The molecule has 0 atom stereocenters. The molecular weight excluding hydrogens is 254 g/mol. The zero-order valence-electron chi connectivity index (χ0n) is 11.9. The molecular formula is C15H23N3O2. The van der Waals surface area contributed by atoms with Crippen LogP contribution in [-0.2, 0) is 22.4 Å². The van der Waals surface area contributed by atoms with E-state index in [0.717, 1.165) is 32.1 Å². The third-order valence-electron chi connectivity index (χ3n) is 3.40. The number of nitrogens with two attached hydrogens (primary N) is 1. The lowest BCUT2D eigenvalue weighted by atomic mass is 9.98. The Morgan fingerprint density at radius 2 is 1.60 bits per heavy atom. The molecule has 110 valence electrons. The largest absolute Gasteiger partial charge is 0.372 e. The SMILES string of the molecule is NC=O.O=C1CCCCC1.c1ncc2c(n1)CCCC2. The van der Waals surface area contributed by atoms with Crippen molar-refractivity contribution in [3.63, 3.8) is 0 Å².